The van der Waals surface area contributed by atoms with Crippen LogP contribution in [0.25, 0.3) is 11.4 Å². The standard InChI is InChI=1S/C22H21FN4O2/c23-17-8-2-1-6-15(17)12-21(29)27-11-5-7-16(14-27)22-25-19(13-20(28)26-22)18-9-3-4-10-24-18/h1-4,6,8-10,13,16H,5,7,11-12,14H2,(H,25,26,28). The fourth-order valence-electron chi connectivity index (χ4n) is 3.66. The lowest BCUT2D eigenvalue weighted by Gasteiger charge is -2.32. The molecule has 7 heteroatoms. The van der Waals surface area contributed by atoms with E-state index in [1.165, 1.54) is 12.1 Å². The number of aromatic amines is 1. The van der Waals surface area contributed by atoms with Crippen molar-refractivity contribution in [2.75, 3.05) is 13.1 Å². The van der Waals surface area contributed by atoms with E-state index in [1.807, 2.05) is 6.07 Å². The largest absolute Gasteiger partial charge is 0.342 e. The van der Waals surface area contributed by atoms with Crippen LogP contribution in [0.5, 0.6) is 0 Å². The Morgan fingerprint density at radius 3 is 2.79 bits per heavy atom. The highest BCUT2D eigenvalue weighted by atomic mass is 19.1. The van der Waals surface area contributed by atoms with Crippen LogP contribution < -0.4 is 5.56 Å². The van der Waals surface area contributed by atoms with Gasteiger partial charge in [-0.05, 0) is 36.6 Å². The molecule has 1 atom stereocenters. The predicted molar refractivity (Wildman–Crippen MR) is 107 cm³/mol. The molecule has 1 aliphatic heterocycles. The summed E-state index contributed by atoms with van der Waals surface area (Å²) < 4.78 is 13.9. The van der Waals surface area contributed by atoms with Crippen molar-refractivity contribution in [3.05, 3.63) is 82.3 Å². The van der Waals surface area contributed by atoms with Gasteiger partial charge in [0, 0.05) is 31.3 Å². The lowest BCUT2D eigenvalue weighted by atomic mass is 9.96. The van der Waals surface area contributed by atoms with Crippen LogP contribution in [0.4, 0.5) is 4.39 Å². The summed E-state index contributed by atoms with van der Waals surface area (Å²) in [5.74, 6) is -0.0160. The number of likely N-dealkylation sites (tertiary alicyclic amines) is 1. The van der Waals surface area contributed by atoms with E-state index in [0.29, 0.717) is 35.9 Å². The maximum atomic E-state index is 13.9. The second-order valence-corrected chi connectivity index (χ2v) is 7.18. The molecular weight excluding hydrogens is 371 g/mol. The van der Waals surface area contributed by atoms with E-state index in [1.54, 1.807) is 41.4 Å². The summed E-state index contributed by atoms with van der Waals surface area (Å²) in [6, 6.07) is 13.2. The average molecular weight is 392 g/mol. The number of pyridine rings is 1. The summed E-state index contributed by atoms with van der Waals surface area (Å²) in [5, 5.41) is 0. The molecule has 6 nitrogen and oxygen atoms in total. The van der Waals surface area contributed by atoms with Crippen molar-refractivity contribution < 1.29 is 9.18 Å². The van der Waals surface area contributed by atoms with Gasteiger partial charge in [-0.2, -0.15) is 0 Å². The molecule has 0 spiro atoms. The molecule has 1 fully saturated rings. The SMILES string of the molecule is O=C(Cc1ccccc1F)N1CCCC(c2nc(-c3ccccn3)cc(=O)[nH]2)C1. The van der Waals surface area contributed by atoms with Crippen LogP contribution in [-0.4, -0.2) is 38.8 Å². The number of benzene rings is 1. The molecule has 1 unspecified atom stereocenters. The minimum absolute atomic E-state index is 0.0251. The van der Waals surface area contributed by atoms with E-state index in [9.17, 15) is 14.0 Å². The minimum Gasteiger partial charge on any atom is -0.342 e. The summed E-state index contributed by atoms with van der Waals surface area (Å²) in [6.07, 6.45) is 3.29. The third-order valence-electron chi connectivity index (χ3n) is 5.15. The first-order valence-corrected chi connectivity index (χ1v) is 9.64. The van der Waals surface area contributed by atoms with Gasteiger partial charge >= 0.3 is 0 Å². The summed E-state index contributed by atoms with van der Waals surface area (Å²) in [7, 11) is 0. The second-order valence-electron chi connectivity index (χ2n) is 7.18. The summed E-state index contributed by atoms with van der Waals surface area (Å²) >= 11 is 0. The normalized spacial score (nSPS) is 16.6. The van der Waals surface area contributed by atoms with Gasteiger partial charge in [0.2, 0.25) is 5.91 Å². The zero-order valence-electron chi connectivity index (χ0n) is 15.8. The molecule has 0 saturated carbocycles. The number of carbonyl (C=O) groups excluding carboxylic acids is 1. The quantitative estimate of drug-likeness (QED) is 0.741. The van der Waals surface area contributed by atoms with Crippen molar-refractivity contribution in [2.45, 2.75) is 25.2 Å². The Hall–Kier alpha value is -3.35. The minimum atomic E-state index is -0.372. The fraction of sp³-hybridized carbons (Fsp3) is 0.273. The lowest BCUT2D eigenvalue weighted by Crippen LogP contribution is -2.40. The molecule has 0 radical (unpaired) electrons. The third kappa shape index (κ3) is 4.39. The number of aromatic nitrogens is 3. The second kappa shape index (κ2) is 8.34. The van der Waals surface area contributed by atoms with E-state index in [4.69, 9.17) is 0 Å². The molecule has 3 aromatic rings. The number of H-pyrrole nitrogens is 1. The Kier molecular flexibility index (Phi) is 5.46. The van der Waals surface area contributed by atoms with Gasteiger partial charge in [0.25, 0.3) is 5.56 Å². The number of carbonyl (C=O) groups is 1. The third-order valence-corrected chi connectivity index (χ3v) is 5.15. The average Bonchev–Trinajstić information content (AvgIpc) is 2.75. The van der Waals surface area contributed by atoms with Crippen LogP contribution in [-0.2, 0) is 11.2 Å². The Bertz CT molecular complexity index is 1070. The first kappa shape index (κ1) is 19.0. The number of hydrogen-bond acceptors (Lipinski definition) is 4. The molecular formula is C22H21FN4O2. The number of nitrogens with one attached hydrogen (secondary N) is 1. The van der Waals surface area contributed by atoms with Gasteiger partial charge in [-0.1, -0.05) is 24.3 Å². The first-order valence-electron chi connectivity index (χ1n) is 9.64. The molecule has 29 heavy (non-hydrogen) atoms. The van der Waals surface area contributed by atoms with Crippen molar-refractivity contribution in [2.24, 2.45) is 0 Å². The van der Waals surface area contributed by atoms with Gasteiger partial charge in [-0.25, -0.2) is 9.37 Å². The van der Waals surface area contributed by atoms with Crippen LogP contribution in [0.2, 0.25) is 0 Å². The zero-order valence-corrected chi connectivity index (χ0v) is 15.8. The highest BCUT2D eigenvalue weighted by molar-refractivity contribution is 5.79. The number of amides is 1. The molecule has 148 valence electrons. The molecule has 3 heterocycles. The van der Waals surface area contributed by atoms with Crippen molar-refractivity contribution in [3.63, 3.8) is 0 Å². The van der Waals surface area contributed by atoms with Gasteiger partial charge in [0.1, 0.15) is 11.6 Å². The van der Waals surface area contributed by atoms with E-state index in [0.717, 1.165) is 12.8 Å². The van der Waals surface area contributed by atoms with Crippen molar-refractivity contribution in [1.29, 1.82) is 0 Å². The van der Waals surface area contributed by atoms with Crippen LogP contribution in [0.15, 0.2) is 59.5 Å². The Morgan fingerprint density at radius 2 is 2.00 bits per heavy atom. The predicted octanol–water partition coefficient (Wildman–Crippen LogP) is 2.92. The van der Waals surface area contributed by atoms with Crippen molar-refractivity contribution >= 4 is 5.91 Å². The molecule has 0 bridgehead atoms. The Morgan fingerprint density at radius 1 is 1.17 bits per heavy atom. The van der Waals surface area contributed by atoms with Gasteiger partial charge in [0.05, 0.1) is 17.8 Å². The first-order chi connectivity index (χ1) is 14.1. The smallest absolute Gasteiger partial charge is 0.251 e. The summed E-state index contributed by atoms with van der Waals surface area (Å²) in [6.45, 7) is 1.07. The lowest BCUT2D eigenvalue weighted by molar-refractivity contribution is -0.131. The number of halogens is 1. The molecule has 1 saturated heterocycles. The van der Waals surface area contributed by atoms with E-state index >= 15 is 0 Å². The molecule has 0 aliphatic carbocycles. The van der Waals surface area contributed by atoms with Gasteiger partial charge in [0.15, 0.2) is 0 Å². The van der Waals surface area contributed by atoms with Crippen molar-refractivity contribution in [1.82, 2.24) is 19.9 Å². The number of rotatable bonds is 4. The van der Waals surface area contributed by atoms with Crippen LogP contribution in [0.3, 0.4) is 0 Å². The topological polar surface area (TPSA) is 79.0 Å². The van der Waals surface area contributed by atoms with Crippen LogP contribution in [0.1, 0.15) is 30.1 Å². The monoisotopic (exact) mass is 392 g/mol. The highest BCUT2D eigenvalue weighted by Crippen LogP contribution is 2.26. The Labute approximate surface area is 167 Å². The highest BCUT2D eigenvalue weighted by Gasteiger charge is 2.27. The molecule has 2 aromatic heterocycles. The van der Waals surface area contributed by atoms with E-state index < -0.39 is 0 Å². The number of piperidine rings is 1. The van der Waals surface area contributed by atoms with Gasteiger partial charge in [-0.3, -0.25) is 14.6 Å². The van der Waals surface area contributed by atoms with Crippen LogP contribution >= 0.6 is 0 Å². The van der Waals surface area contributed by atoms with Crippen molar-refractivity contribution in [3.8, 4) is 11.4 Å². The summed E-state index contributed by atoms with van der Waals surface area (Å²) in [5.41, 5.74) is 1.29. The maximum Gasteiger partial charge on any atom is 0.251 e. The molecule has 1 amide bonds. The maximum absolute atomic E-state index is 13.9. The fourth-order valence-corrected chi connectivity index (χ4v) is 3.66. The zero-order chi connectivity index (χ0) is 20.2. The molecule has 1 N–H and O–H groups in total. The molecule has 1 aliphatic rings. The number of nitrogens with zero attached hydrogens (tertiary/aromatic N) is 3. The summed E-state index contributed by atoms with van der Waals surface area (Å²) in [4.78, 5) is 38.3. The van der Waals surface area contributed by atoms with Gasteiger partial charge < -0.3 is 9.88 Å². The molecule has 1 aromatic carbocycles. The van der Waals surface area contributed by atoms with Gasteiger partial charge in [-0.15, -0.1) is 0 Å². The van der Waals surface area contributed by atoms with E-state index in [-0.39, 0.29) is 29.6 Å². The van der Waals surface area contributed by atoms with Crippen LogP contribution in [0, 0.1) is 5.82 Å². The number of hydrogen-bond donors (Lipinski definition) is 1. The Balaban J connectivity index is 1.53. The molecule has 4 rings (SSSR count). The van der Waals surface area contributed by atoms with E-state index in [2.05, 4.69) is 15.0 Å².